The summed E-state index contributed by atoms with van der Waals surface area (Å²) in [5, 5.41) is 10.7. The van der Waals surface area contributed by atoms with Crippen molar-refractivity contribution in [1.29, 1.82) is 0 Å². The van der Waals surface area contributed by atoms with Gasteiger partial charge in [0.25, 0.3) is 5.69 Å². The Morgan fingerprint density at radius 1 is 1.50 bits per heavy atom. The van der Waals surface area contributed by atoms with Crippen LogP contribution in [0.4, 0.5) is 5.69 Å². The minimum absolute atomic E-state index is 0.0983. The van der Waals surface area contributed by atoms with E-state index in [2.05, 4.69) is 0 Å². The molecule has 1 saturated carbocycles. The van der Waals surface area contributed by atoms with Gasteiger partial charge in [0.2, 0.25) is 0 Å². The Morgan fingerprint density at radius 3 is 2.75 bits per heavy atom. The maximum atomic E-state index is 10.7. The number of hydrogen-bond donors (Lipinski definition) is 1. The van der Waals surface area contributed by atoms with Gasteiger partial charge in [-0.15, -0.1) is 0 Å². The Balaban J connectivity index is 2.15. The lowest BCUT2D eigenvalue weighted by Crippen LogP contribution is -2.43. The van der Waals surface area contributed by atoms with Gasteiger partial charge < -0.3 is 10.5 Å². The average Bonchev–Trinajstić information content (AvgIpc) is 2.18. The maximum Gasteiger partial charge on any atom is 0.276 e. The number of hydrogen-bond acceptors (Lipinski definition) is 4. The van der Waals surface area contributed by atoms with E-state index in [1.165, 1.54) is 6.07 Å². The molecule has 0 aliphatic heterocycles. The summed E-state index contributed by atoms with van der Waals surface area (Å²) in [4.78, 5) is 10.3. The summed E-state index contributed by atoms with van der Waals surface area (Å²) in [6.07, 6.45) is 1.75. The molecule has 16 heavy (non-hydrogen) atoms. The van der Waals surface area contributed by atoms with E-state index in [0.29, 0.717) is 11.3 Å². The van der Waals surface area contributed by atoms with Crippen LogP contribution >= 0.6 is 0 Å². The molecule has 0 aromatic heterocycles. The molecule has 86 valence electrons. The monoisotopic (exact) mass is 222 g/mol. The van der Waals surface area contributed by atoms with Crippen LogP contribution in [0.1, 0.15) is 18.4 Å². The normalized spacial score (nSPS) is 23.6. The number of benzene rings is 1. The van der Waals surface area contributed by atoms with Crippen LogP contribution in [0.15, 0.2) is 18.2 Å². The van der Waals surface area contributed by atoms with Crippen molar-refractivity contribution in [2.45, 2.75) is 31.9 Å². The molecule has 2 N–H and O–H groups in total. The summed E-state index contributed by atoms with van der Waals surface area (Å²) < 4.78 is 5.66. The molecule has 1 fully saturated rings. The van der Waals surface area contributed by atoms with Crippen molar-refractivity contribution < 1.29 is 9.66 Å². The predicted molar refractivity (Wildman–Crippen MR) is 59.5 cm³/mol. The number of nitro groups is 1. The van der Waals surface area contributed by atoms with Gasteiger partial charge in [-0.1, -0.05) is 6.07 Å². The Bertz CT molecular complexity index is 414. The number of rotatable bonds is 3. The third-order valence-electron chi connectivity index (χ3n) is 2.88. The second kappa shape index (κ2) is 4.09. The van der Waals surface area contributed by atoms with E-state index in [4.69, 9.17) is 10.5 Å². The topological polar surface area (TPSA) is 78.4 Å². The Kier molecular flexibility index (Phi) is 2.78. The summed E-state index contributed by atoms with van der Waals surface area (Å²) in [5.41, 5.74) is 6.33. The third kappa shape index (κ3) is 1.99. The van der Waals surface area contributed by atoms with Gasteiger partial charge in [0.05, 0.1) is 10.5 Å². The van der Waals surface area contributed by atoms with Crippen LogP contribution in [0.3, 0.4) is 0 Å². The molecule has 5 heteroatoms. The van der Waals surface area contributed by atoms with Crippen molar-refractivity contribution in [3.05, 3.63) is 33.9 Å². The number of nitrogens with zero attached hydrogens (tertiary/aromatic N) is 1. The van der Waals surface area contributed by atoms with Gasteiger partial charge in [0.15, 0.2) is 0 Å². The van der Waals surface area contributed by atoms with Crippen molar-refractivity contribution in [2.24, 2.45) is 5.73 Å². The maximum absolute atomic E-state index is 10.7. The van der Waals surface area contributed by atoms with Gasteiger partial charge in [-0.2, -0.15) is 0 Å². The lowest BCUT2D eigenvalue weighted by molar-refractivity contribution is -0.385. The number of nitro benzene ring substituents is 1. The largest absolute Gasteiger partial charge is 0.490 e. The molecule has 0 atom stereocenters. The molecule has 5 nitrogen and oxygen atoms in total. The molecule has 1 aliphatic rings. The fraction of sp³-hybridized carbons (Fsp3) is 0.455. The van der Waals surface area contributed by atoms with Crippen LogP contribution in [0.2, 0.25) is 0 Å². The second-order valence-corrected chi connectivity index (χ2v) is 4.13. The standard InChI is InChI=1S/C11H14N2O3/c1-7-10(13(14)15)3-2-4-11(7)16-9-5-8(12)6-9/h2-4,8-9H,5-6,12H2,1H3. The lowest BCUT2D eigenvalue weighted by atomic mass is 9.90. The highest BCUT2D eigenvalue weighted by atomic mass is 16.6. The highest BCUT2D eigenvalue weighted by Gasteiger charge is 2.28. The Labute approximate surface area is 93.4 Å². The summed E-state index contributed by atoms with van der Waals surface area (Å²) in [6.45, 7) is 1.70. The fourth-order valence-corrected chi connectivity index (χ4v) is 1.81. The first-order valence-electron chi connectivity index (χ1n) is 5.24. The van der Waals surface area contributed by atoms with Crippen molar-refractivity contribution in [2.75, 3.05) is 0 Å². The van der Waals surface area contributed by atoms with E-state index in [1.807, 2.05) is 0 Å². The molecule has 0 amide bonds. The summed E-state index contributed by atoms with van der Waals surface area (Å²) in [7, 11) is 0. The highest BCUT2D eigenvalue weighted by Crippen LogP contribution is 2.31. The van der Waals surface area contributed by atoms with E-state index in [0.717, 1.165) is 12.8 Å². The smallest absolute Gasteiger partial charge is 0.276 e. The van der Waals surface area contributed by atoms with Crippen molar-refractivity contribution in [3.8, 4) is 5.75 Å². The molecular weight excluding hydrogens is 208 g/mol. The van der Waals surface area contributed by atoms with E-state index in [9.17, 15) is 10.1 Å². The van der Waals surface area contributed by atoms with Crippen LogP contribution in [0, 0.1) is 17.0 Å². The van der Waals surface area contributed by atoms with Crippen LogP contribution in [-0.2, 0) is 0 Å². The molecule has 1 aromatic rings. The average molecular weight is 222 g/mol. The number of ether oxygens (including phenoxy) is 1. The van der Waals surface area contributed by atoms with Gasteiger partial charge in [0, 0.05) is 12.1 Å². The SMILES string of the molecule is Cc1c(OC2CC(N)C2)cccc1[N+](=O)[O-]. The molecule has 1 aliphatic carbocycles. The molecule has 0 heterocycles. The molecule has 0 spiro atoms. The van der Waals surface area contributed by atoms with E-state index in [-0.39, 0.29) is 17.8 Å². The first-order chi connectivity index (χ1) is 7.58. The van der Waals surface area contributed by atoms with Gasteiger partial charge >= 0.3 is 0 Å². The van der Waals surface area contributed by atoms with Gasteiger partial charge in [0.1, 0.15) is 11.9 Å². The fourth-order valence-electron chi connectivity index (χ4n) is 1.81. The molecular formula is C11H14N2O3. The Hall–Kier alpha value is -1.62. The van der Waals surface area contributed by atoms with E-state index < -0.39 is 4.92 Å². The van der Waals surface area contributed by atoms with Crippen LogP contribution in [0.5, 0.6) is 5.75 Å². The first kappa shape index (κ1) is 10.9. The molecule has 1 aromatic carbocycles. The molecule has 0 bridgehead atoms. The van der Waals surface area contributed by atoms with Gasteiger partial charge in [-0.25, -0.2) is 0 Å². The van der Waals surface area contributed by atoms with Crippen molar-refractivity contribution >= 4 is 5.69 Å². The molecule has 0 unspecified atom stereocenters. The van der Waals surface area contributed by atoms with Gasteiger partial charge in [-0.05, 0) is 25.8 Å². The minimum atomic E-state index is -0.394. The molecule has 0 saturated heterocycles. The third-order valence-corrected chi connectivity index (χ3v) is 2.88. The van der Waals surface area contributed by atoms with Gasteiger partial charge in [-0.3, -0.25) is 10.1 Å². The predicted octanol–water partition coefficient (Wildman–Crippen LogP) is 1.77. The highest BCUT2D eigenvalue weighted by molar-refractivity contribution is 5.48. The molecule has 0 radical (unpaired) electrons. The lowest BCUT2D eigenvalue weighted by Gasteiger charge is -2.32. The quantitative estimate of drug-likeness (QED) is 0.624. The van der Waals surface area contributed by atoms with Crippen molar-refractivity contribution in [1.82, 2.24) is 0 Å². The number of nitrogens with two attached hydrogens (primary N) is 1. The zero-order chi connectivity index (χ0) is 11.7. The zero-order valence-corrected chi connectivity index (χ0v) is 9.05. The van der Waals surface area contributed by atoms with Crippen molar-refractivity contribution in [3.63, 3.8) is 0 Å². The molecule has 2 rings (SSSR count). The Morgan fingerprint density at radius 2 is 2.19 bits per heavy atom. The summed E-state index contributed by atoms with van der Waals surface area (Å²) in [6, 6.07) is 5.09. The van der Waals surface area contributed by atoms with Crippen LogP contribution in [-0.4, -0.2) is 17.1 Å². The van der Waals surface area contributed by atoms with Crippen LogP contribution < -0.4 is 10.5 Å². The first-order valence-corrected chi connectivity index (χ1v) is 5.24. The van der Waals surface area contributed by atoms with E-state index >= 15 is 0 Å². The van der Waals surface area contributed by atoms with E-state index in [1.54, 1.807) is 19.1 Å². The van der Waals surface area contributed by atoms with Crippen LogP contribution in [0.25, 0.3) is 0 Å². The second-order valence-electron chi connectivity index (χ2n) is 4.13. The zero-order valence-electron chi connectivity index (χ0n) is 9.05. The summed E-state index contributed by atoms with van der Waals surface area (Å²) in [5.74, 6) is 0.589. The summed E-state index contributed by atoms with van der Waals surface area (Å²) >= 11 is 0. The minimum Gasteiger partial charge on any atom is -0.490 e.